The van der Waals surface area contributed by atoms with E-state index in [-0.39, 0.29) is 4.90 Å². The normalized spacial score (nSPS) is 16.8. The van der Waals surface area contributed by atoms with Crippen LogP contribution in [-0.4, -0.2) is 62.7 Å². The van der Waals surface area contributed by atoms with Crippen molar-refractivity contribution in [2.45, 2.75) is 17.4 Å². The molecule has 1 atom stereocenters. The third-order valence-corrected chi connectivity index (χ3v) is 6.55. The molecule has 8 nitrogen and oxygen atoms in total. The number of amides is 2. The number of carbonyl (C=O) groups is 1. The number of carbonyl (C=O) groups excluding carboxylic acids is 1. The van der Waals surface area contributed by atoms with Crippen LogP contribution in [0, 0.1) is 0 Å². The van der Waals surface area contributed by atoms with Gasteiger partial charge in [-0.1, -0.05) is 18.2 Å². The molecule has 9 heteroatoms. The van der Waals surface area contributed by atoms with E-state index in [0.717, 1.165) is 27.2 Å². The quantitative estimate of drug-likeness (QED) is 0.592. The monoisotopic (exact) mass is 428 g/mol. The van der Waals surface area contributed by atoms with Gasteiger partial charge >= 0.3 is 6.03 Å². The van der Waals surface area contributed by atoms with Gasteiger partial charge in [-0.2, -0.15) is 0 Å². The van der Waals surface area contributed by atoms with Crippen LogP contribution in [-0.2, 0) is 10.0 Å². The number of aliphatic hydroxyl groups excluding tert-OH is 1. The van der Waals surface area contributed by atoms with Gasteiger partial charge in [-0.05, 0) is 36.8 Å². The van der Waals surface area contributed by atoms with Crippen molar-refractivity contribution in [2.24, 2.45) is 0 Å². The first-order valence-corrected chi connectivity index (χ1v) is 11.1. The average Bonchev–Trinajstić information content (AvgIpc) is 3.33. The largest absolute Gasteiger partial charge is 0.391 e. The number of anilines is 1. The third kappa shape index (κ3) is 3.86. The Morgan fingerprint density at radius 3 is 2.63 bits per heavy atom. The van der Waals surface area contributed by atoms with Crippen molar-refractivity contribution >= 4 is 32.6 Å². The van der Waals surface area contributed by atoms with E-state index in [0.29, 0.717) is 25.1 Å². The molecule has 1 aromatic heterocycles. The fourth-order valence-corrected chi connectivity index (χ4v) is 4.67. The number of nitrogens with zero attached hydrogens (tertiary/aromatic N) is 2. The number of H-pyrrole nitrogens is 1. The molecule has 0 saturated carbocycles. The molecule has 158 valence electrons. The number of aliphatic hydroxyl groups is 1. The van der Waals surface area contributed by atoms with Crippen molar-refractivity contribution in [3.05, 3.63) is 48.5 Å². The molecule has 1 aliphatic heterocycles. The van der Waals surface area contributed by atoms with Crippen LogP contribution in [0.3, 0.4) is 0 Å². The van der Waals surface area contributed by atoms with Crippen LogP contribution in [0.25, 0.3) is 22.2 Å². The number of sulfonamides is 1. The van der Waals surface area contributed by atoms with Crippen LogP contribution in [0.2, 0.25) is 0 Å². The molecule has 3 aromatic rings. The molecule has 0 radical (unpaired) electrons. The molecule has 2 amide bonds. The van der Waals surface area contributed by atoms with Gasteiger partial charge in [0.15, 0.2) is 0 Å². The van der Waals surface area contributed by atoms with Gasteiger partial charge in [0.05, 0.1) is 11.0 Å². The van der Waals surface area contributed by atoms with E-state index in [4.69, 9.17) is 0 Å². The zero-order valence-corrected chi connectivity index (χ0v) is 17.6. The maximum atomic E-state index is 12.8. The van der Waals surface area contributed by atoms with Crippen molar-refractivity contribution in [3.63, 3.8) is 0 Å². The van der Waals surface area contributed by atoms with E-state index < -0.39 is 22.2 Å². The Labute approximate surface area is 175 Å². The van der Waals surface area contributed by atoms with Gasteiger partial charge in [0, 0.05) is 55.0 Å². The standard InChI is InChI=1S/C21H24N4O4S/c1-24(2)21(27)23-30(28,29)16-7-8-20(25-10-9-15(26)13-25)17(12-16)19-11-14-5-3-4-6-18(14)22-19/h3-8,11-12,15,22,26H,9-10,13H2,1-2H3,(H,23,27)/t15-/m0/s1. The number of fused-ring (bicyclic) bond motifs is 1. The first kappa shape index (κ1) is 20.2. The van der Waals surface area contributed by atoms with E-state index in [1.165, 1.54) is 20.2 Å². The summed E-state index contributed by atoms with van der Waals surface area (Å²) in [5.41, 5.74) is 3.23. The molecule has 1 fully saturated rings. The summed E-state index contributed by atoms with van der Waals surface area (Å²) in [5.74, 6) is 0. The number of rotatable bonds is 4. The molecule has 0 aliphatic carbocycles. The number of aromatic nitrogens is 1. The lowest BCUT2D eigenvalue weighted by Gasteiger charge is -2.22. The minimum Gasteiger partial charge on any atom is -0.391 e. The molecule has 30 heavy (non-hydrogen) atoms. The highest BCUT2D eigenvalue weighted by molar-refractivity contribution is 7.90. The SMILES string of the molecule is CN(C)C(=O)NS(=O)(=O)c1ccc(N2CC[C@H](O)C2)c(-c2cc3ccccc3[nH]2)c1. The number of nitrogens with one attached hydrogen (secondary N) is 2. The average molecular weight is 429 g/mol. The van der Waals surface area contributed by atoms with Crippen LogP contribution >= 0.6 is 0 Å². The molecular formula is C21H24N4O4S. The highest BCUT2D eigenvalue weighted by Gasteiger charge is 2.26. The molecule has 0 bridgehead atoms. The Morgan fingerprint density at radius 2 is 1.97 bits per heavy atom. The lowest BCUT2D eigenvalue weighted by Crippen LogP contribution is -2.38. The lowest BCUT2D eigenvalue weighted by atomic mass is 10.1. The predicted octanol–water partition coefficient (Wildman–Crippen LogP) is 2.37. The van der Waals surface area contributed by atoms with Crippen molar-refractivity contribution in [1.29, 1.82) is 0 Å². The first-order valence-electron chi connectivity index (χ1n) is 9.64. The van der Waals surface area contributed by atoms with E-state index >= 15 is 0 Å². The van der Waals surface area contributed by atoms with Gasteiger partial charge in [0.25, 0.3) is 10.0 Å². The van der Waals surface area contributed by atoms with Crippen LogP contribution in [0.4, 0.5) is 10.5 Å². The van der Waals surface area contributed by atoms with Gasteiger partial charge in [-0.3, -0.25) is 0 Å². The third-order valence-electron chi connectivity index (χ3n) is 5.23. The predicted molar refractivity (Wildman–Crippen MR) is 116 cm³/mol. The number of urea groups is 1. The number of aromatic amines is 1. The van der Waals surface area contributed by atoms with Crippen molar-refractivity contribution in [3.8, 4) is 11.3 Å². The fourth-order valence-electron chi connectivity index (χ4n) is 3.62. The molecule has 0 spiro atoms. The van der Waals surface area contributed by atoms with Crippen molar-refractivity contribution in [2.75, 3.05) is 32.1 Å². The Bertz CT molecular complexity index is 1170. The summed E-state index contributed by atoms with van der Waals surface area (Å²) in [6.45, 7) is 1.16. The number of para-hydroxylation sites is 1. The fraction of sp³-hybridized carbons (Fsp3) is 0.286. The van der Waals surface area contributed by atoms with Gasteiger partial charge < -0.3 is 19.9 Å². The second-order valence-corrected chi connectivity index (χ2v) is 9.33. The van der Waals surface area contributed by atoms with Gasteiger partial charge in [0.2, 0.25) is 0 Å². The molecule has 1 aliphatic rings. The van der Waals surface area contributed by atoms with Crippen LogP contribution in [0.5, 0.6) is 0 Å². The van der Waals surface area contributed by atoms with E-state index in [9.17, 15) is 18.3 Å². The molecular weight excluding hydrogens is 404 g/mol. The summed E-state index contributed by atoms with van der Waals surface area (Å²) in [7, 11) is -1.09. The molecule has 3 N–H and O–H groups in total. The minimum absolute atomic E-state index is 0.00477. The van der Waals surface area contributed by atoms with Crippen molar-refractivity contribution in [1.82, 2.24) is 14.6 Å². The van der Waals surface area contributed by atoms with Gasteiger partial charge in [0.1, 0.15) is 0 Å². The number of hydrogen-bond acceptors (Lipinski definition) is 5. The number of benzene rings is 2. The molecule has 4 rings (SSSR count). The molecule has 0 unspecified atom stereocenters. The minimum atomic E-state index is -4.04. The summed E-state index contributed by atoms with van der Waals surface area (Å²) in [4.78, 5) is 18.5. The number of β-amino-alcohol motifs (C(OH)–C–C–N with tert-alkyl or cyclic N) is 1. The summed E-state index contributed by atoms with van der Waals surface area (Å²) in [6.07, 6.45) is 0.244. The van der Waals surface area contributed by atoms with E-state index in [1.807, 2.05) is 35.2 Å². The maximum Gasteiger partial charge on any atom is 0.330 e. The molecule has 2 heterocycles. The van der Waals surface area contributed by atoms with Gasteiger partial charge in [-0.25, -0.2) is 17.9 Å². The van der Waals surface area contributed by atoms with E-state index in [2.05, 4.69) is 9.71 Å². The summed E-state index contributed by atoms with van der Waals surface area (Å²) in [5, 5.41) is 11.0. The second-order valence-electron chi connectivity index (χ2n) is 7.64. The van der Waals surface area contributed by atoms with Gasteiger partial charge in [-0.15, -0.1) is 0 Å². The topological polar surface area (TPSA) is 106 Å². The molecule has 2 aromatic carbocycles. The summed E-state index contributed by atoms with van der Waals surface area (Å²) in [6, 6.07) is 13.8. The maximum absolute atomic E-state index is 12.8. The Morgan fingerprint density at radius 1 is 1.20 bits per heavy atom. The summed E-state index contributed by atoms with van der Waals surface area (Å²) < 4.78 is 27.6. The number of hydrogen-bond donors (Lipinski definition) is 3. The molecule has 1 saturated heterocycles. The Balaban J connectivity index is 1.82. The summed E-state index contributed by atoms with van der Waals surface area (Å²) >= 11 is 0. The second kappa shape index (κ2) is 7.66. The smallest absolute Gasteiger partial charge is 0.330 e. The highest BCUT2D eigenvalue weighted by Crippen LogP contribution is 2.36. The highest BCUT2D eigenvalue weighted by atomic mass is 32.2. The zero-order chi connectivity index (χ0) is 21.5. The zero-order valence-electron chi connectivity index (χ0n) is 16.8. The van der Waals surface area contributed by atoms with Crippen molar-refractivity contribution < 1.29 is 18.3 Å². The van der Waals surface area contributed by atoms with Crippen LogP contribution < -0.4 is 9.62 Å². The Hall–Kier alpha value is -3.04. The van der Waals surface area contributed by atoms with Crippen LogP contribution in [0.15, 0.2) is 53.4 Å². The van der Waals surface area contributed by atoms with E-state index in [1.54, 1.807) is 12.1 Å². The lowest BCUT2D eigenvalue weighted by molar-refractivity contribution is 0.198. The Kier molecular flexibility index (Phi) is 5.17. The first-order chi connectivity index (χ1) is 14.2. The van der Waals surface area contributed by atoms with Crippen LogP contribution in [0.1, 0.15) is 6.42 Å².